The summed E-state index contributed by atoms with van der Waals surface area (Å²) in [6, 6.07) is 19.6. The first-order valence-electron chi connectivity index (χ1n) is 11.1. The van der Waals surface area contributed by atoms with Crippen molar-refractivity contribution in [3.8, 4) is 0 Å². The third-order valence-corrected chi connectivity index (χ3v) is 6.49. The van der Waals surface area contributed by atoms with Crippen molar-refractivity contribution >= 4 is 5.91 Å². The zero-order chi connectivity index (χ0) is 20.1. The highest BCUT2D eigenvalue weighted by atomic mass is 16.2. The highest BCUT2D eigenvalue weighted by Crippen LogP contribution is 2.28. The van der Waals surface area contributed by atoms with E-state index in [1.165, 1.54) is 16.7 Å². The van der Waals surface area contributed by atoms with Crippen LogP contribution in [0, 0.1) is 5.92 Å². The second-order valence-electron chi connectivity index (χ2n) is 8.38. The van der Waals surface area contributed by atoms with E-state index in [1.807, 2.05) is 0 Å². The predicted octanol–water partition coefficient (Wildman–Crippen LogP) is 3.63. The van der Waals surface area contributed by atoms with Gasteiger partial charge in [0.15, 0.2) is 0 Å². The van der Waals surface area contributed by atoms with E-state index in [-0.39, 0.29) is 12.0 Å². The number of piperidine rings is 1. The molecule has 1 atom stereocenters. The zero-order valence-electron chi connectivity index (χ0n) is 17.5. The lowest BCUT2D eigenvalue weighted by molar-refractivity contribution is -0.140. The number of piperazine rings is 1. The summed E-state index contributed by atoms with van der Waals surface area (Å²) < 4.78 is 0. The van der Waals surface area contributed by atoms with Gasteiger partial charge in [0.25, 0.3) is 0 Å². The van der Waals surface area contributed by atoms with Crippen molar-refractivity contribution in [3.05, 3.63) is 71.3 Å². The van der Waals surface area contributed by atoms with Gasteiger partial charge >= 0.3 is 0 Å². The molecule has 1 N–H and O–H groups in total. The van der Waals surface area contributed by atoms with Crippen LogP contribution >= 0.6 is 0 Å². The van der Waals surface area contributed by atoms with Crippen LogP contribution in [0.4, 0.5) is 0 Å². The average molecular weight is 392 g/mol. The van der Waals surface area contributed by atoms with Crippen LogP contribution in [0.25, 0.3) is 0 Å². The second kappa shape index (κ2) is 9.55. The van der Waals surface area contributed by atoms with Crippen LogP contribution in [0.1, 0.15) is 42.5 Å². The Morgan fingerprint density at radius 1 is 0.966 bits per heavy atom. The lowest BCUT2D eigenvalue weighted by Gasteiger charge is -2.40. The zero-order valence-corrected chi connectivity index (χ0v) is 17.5. The van der Waals surface area contributed by atoms with Crippen molar-refractivity contribution < 1.29 is 4.79 Å². The number of nitrogens with one attached hydrogen (secondary N) is 1. The maximum atomic E-state index is 13.4. The van der Waals surface area contributed by atoms with Gasteiger partial charge in [-0.1, -0.05) is 61.5 Å². The molecule has 2 fully saturated rings. The van der Waals surface area contributed by atoms with Crippen molar-refractivity contribution in [1.82, 2.24) is 15.1 Å². The quantitative estimate of drug-likeness (QED) is 0.845. The van der Waals surface area contributed by atoms with Gasteiger partial charge in [0.2, 0.25) is 5.91 Å². The highest BCUT2D eigenvalue weighted by molar-refractivity contribution is 5.79. The van der Waals surface area contributed by atoms with Crippen LogP contribution in [0.3, 0.4) is 0 Å². The molecule has 0 aromatic heterocycles. The molecule has 0 saturated carbocycles. The number of hydrogen-bond donors (Lipinski definition) is 1. The summed E-state index contributed by atoms with van der Waals surface area (Å²) in [5.41, 5.74) is 3.96. The molecule has 4 heteroatoms. The van der Waals surface area contributed by atoms with E-state index in [4.69, 9.17) is 0 Å². The third-order valence-electron chi connectivity index (χ3n) is 6.49. The standard InChI is InChI=1S/C25H33N3O/c1-2-20-8-10-22(11-9-20)24-18-26-14-17-28(24)25(29)23-12-15-27(16-13-23)19-21-6-4-3-5-7-21/h3-11,23-24,26H,2,12-19H2,1H3. The van der Waals surface area contributed by atoms with Crippen LogP contribution in [-0.2, 0) is 17.8 Å². The number of amides is 1. The first kappa shape index (κ1) is 20.1. The normalized spacial score (nSPS) is 21.3. The van der Waals surface area contributed by atoms with E-state index in [1.54, 1.807) is 0 Å². The minimum absolute atomic E-state index is 0.157. The summed E-state index contributed by atoms with van der Waals surface area (Å²) in [6.07, 6.45) is 2.99. The first-order chi connectivity index (χ1) is 14.2. The molecule has 0 bridgehead atoms. The molecular weight excluding hydrogens is 358 g/mol. The maximum absolute atomic E-state index is 13.4. The summed E-state index contributed by atoms with van der Waals surface area (Å²) in [5, 5.41) is 3.48. The van der Waals surface area contributed by atoms with Gasteiger partial charge in [-0.25, -0.2) is 0 Å². The van der Waals surface area contributed by atoms with Crippen LogP contribution < -0.4 is 5.32 Å². The van der Waals surface area contributed by atoms with Crippen molar-refractivity contribution in [2.24, 2.45) is 5.92 Å². The number of benzene rings is 2. The molecule has 2 aromatic rings. The van der Waals surface area contributed by atoms with Crippen molar-refractivity contribution in [1.29, 1.82) is 0 Å². The lowest BCUT2D eigenvalue weighted by atomic mass is 9.92. The molecule has 1 amide bonds. The number of carbonyl (C=O) groups is 1. The highest BCUT2D eigenvalue weighted by Gasteiger charge is 2.34. The topological polar surface area (TPSA) is 35.6 Å². The Labute approximate surface area is 174 Å². The molecule has 2 aromatic carbocycles. The summed E-state index contributed by atoms with van der Waals surface area (Å²) in [7, 11) is 0. The van der Waals surface area contributed by atoms with Crippen molar-refractivity contribution in [2.45, 2.75) is 38.8 Å². The van der Waals surface area contributed by atoms with E-state index < -0.39 is 0 Å². The van der Waals surface area contributed by atoms with Gasteiger partial charge in [-0.05, 0) is 49.0 Å². The Balaban J connectivity index is 1.37. The number of hydrogen-bond acceptors (Lipinski definition) is 3. The fraction of sp³-hybridized carbons (Fsp3) is 0.480. The minimum atomic E-state index is 0.157. The first-order valence-corrected chi connectivity index (χ1v) is 11.1. The molecule has 2 aliphatic rings. The molecule has 2 saturated heterocycles. The molecule has 154 valence electrons. The van der Waals surface area contributed by atoms with E-state index in [9.17, 15) is 4.79 Å². The molecule has 0 spiro atoms. The van der Waals surface area contributed by atoms with Gasteiger partial charge in [0.1, 0.15) is 0 Å². The lowest BCUT2D eigenvalue weighted by Crippen LogP contribution is -2.51. The van der Waals surface area contributed by atoms with E-state index in [2.05, 4.69) is 76.6 Å². The Bertz CT molecular complexity index is 781. The van der Waals surface area contributed by atoms with Gasteiger partial charge < -0.3 is 10.2 Å². The molecule has 2 heterocycles. The fourth-order valence-corrected chi connectivity index (χ4v) is 4.66. The number of rotatable bonds is 5. The Hall–Kier alpha value is -2.17. The minimum Gasteiger partial charge on any atom is -0.333 e. The molecule has 4 nitrogen and oxygen atoms in total. The van der Waals surface area contributed by atoms with E-state index in [0.717, 1.165) is 58.5 Å². The van der Waals surface area contributed by atoms with Crippen molar-refractivity contribution in [2.75, 3.05) is 32.7 Å². The summed E-state index contributed by atoms with van der Waals surface area (Å²) in [6.45, 7) is 7.73. The van der Waals surface area contributed by atoms with Crippen LogP contribution in [-0.4, -0.2) is 48.4 Å². The van der Waals surface area contributed by atoms with Gasteiger partial charge in [-0.2, -0.15) is 0 Å². The number of nitrogens with zero attached hydrogens (tertiary/aromatic N) is 2. The molecule has 0 radical (unpaired) electrons. The molecule has 1 unspecified atom stereocenters. The fourth-order valence-electron chi connectivity index (χ4n) is 4.66. The Morgan fingerprint density at radius 2 is 1.69 bits per heavy atom. The van der Waals surface area contributed by atoms with Gasteiger partial charge in [-0.15, -0.1) is 0 Å². The number of aryl methyl sites for hydroxylation is 1. The largest absolute Gasteiger partial charge is 0.333 e. The third kappa shape index (κ3) is 4.88. The average Bonchev–Trinajstić information content (AvgIpc) is 2.80. The predicted molar refractivity (Wildman–Crippen MR) is 118 cm³/mol. The molecular formula is C25H33N3O. The van der Waals surface area contributed by atoms with Gasteiger partial charge in [0, 0.05) is 32.1 Å². The smallest absolute Gasteiger partial charge is 0.226 e. The number of carbonyl (C=O) groups excluding carboxylic acids is 1. The van der Waals surface area contributed by atoms with Gasteiger partial charge in [0.05, 0.1) is 6.04 Å². The number of likely N-dealkylation sites (tertiary alicyclic amines) is 1. The summed E-state index contributed by atoms with van der Waals surface area (Å²) in [4.78, 5) is 18.0. The van der Waals surface area contributed by atoms with Gasteiger partial charge in [-0.3, -0.25) is 9.69 Å². The SMILES string of the molecule is CCc1ccc(C2CNCCN2C(=O)C2CCN(Cc3ccccc3)CC2)cc1. The van der Waals surface area contributed by atoms with Crippen LogP contribution in [0.2, 0.25) is 0 Å². The van der Waals surface area contributed by atoms with Crippen molar-refractivity contribution in [3.63, 3.8) is 0 Å². The molecule has 2 aliphatic heterocycles. The Morgan fingerprint density at radius 3 is 2.38 bits per heavy atom. The second-order valence-corrected chi connectivity index (χ2v) is 8.38. The molecule has 4 rings (SSSR count). The van der Waals surface area contributed by atoms with E-state index >= 15 is 0 Å². The molecule has 0 aliphatic carbocycles. The Kier molecular flexibility index (Phi) is 6.63. The monoisotopic (exact) mass is 391 g/mol. The molecule has 29 heavy (non-hydrogen) atoms. The summed E-state index contributed by atoms with van der Waals surface area (Å²) >= 11 is 0. The summed E-state index contributed by atoms with van der Waals surface area (Å²) in [5.74, 6) is 0.521. The maximum Gasteiger partial charge on any atom is 0.226 e. The van der Waals surface area contributed by atoms with E-state index in [0.29, 0.717) is 5.91 Å². The van der Waals surface area contributed by atoms with Crippen LogP contribution in [0.15, 0.2) is 54.6 Å². The van der Waals surface area contributed by atoms with Crippen LogP contribution in [0.5, 0.6) is 0 Å².